The summed E-state index contributed by atoms with van der Waals surface area (Å²) in [5.41, 5.74) is 1.90. The first-order valence-electron chi connectivity index (χ1n) is 9.22. The van der Waals surface area contributed by atoms with Gasteiger partial charge in [0.15, 0.2) is 0 Å². The Bertz CT molecular complexity index is 767. The minimum Gasteiger partial charge on any atom is -0.488 e. The van der Waals surface area contributed by atoms with Crippen molar-refractivity contribution in [2.75, 3.05) is 26.2 Å². The molecule has 0 amide bonds. The van der Waals surface area contributed by atoms with Crippen LogP contribution in [-0.2, 0) is 0 Å². The molecule has 0 N–H and O–H groups in total. The molecular weight excluding hydrogens is 338 g/mol. The van der Waals surface area contributed by atoms with Gasteiger partial charge in [0.1, 0.15) is 17.5 Å². The van der Waals surface area contributed by atoms with Gasteiger partial charge in [0, 0.05) is 56.2 Å². The Morgan fingerprint density at radius 2 is 2.00 bits per heavy atom. The van der Waals surface area contributed by atoms with E-state index < -0.39 is 0 Å². The third kappa shape index (κ3) is 5.82. The molecule has 1 saturated heterocycles. The fourth-order valence-electron chi connectivity index (χ4n) is 3.08. The number of allylic oxidation sites excluding steroid dienone is 1. The molecule has 0 atom stereocenters. The second-order valence-electron chi connectivity index (χ2n) is 6.32. The molecule has 0 spiro atoms. The van der Waals surface area contributed by atoms with E-state index in [9.17, 15) is 0 Å². The molecule has 1 aliphatic heterocycles. The van der Waals surface area contributed by atoms with Crippen molar-refractivity contribution in [1.29, 1.82) is 0 Å². The van der Waals surface area contributed by atoms with Gasteiger partial charge in [-0.25, -0.2) is 0 Å². The summed E-state index contributed by atoms with van der Waals surface area (Å²) in [6.07, 6.45) is 12.8. The largest absolute Gasteiger partial charge is 0.488 e. The van der Waals surface area contributed by atoms with Crippen molar-refractivity contribution < 1.29 is 4.74 Å². The Morgan fingerprint density at radius 3 is 2.78 bits per heavy atom. The Hall–Kier alpha value is -2.86. The Labute approximate surface area is 160 Å². The summed E-state index contributed by atoms with van der Waals surface area (Å²) in [5, 5.41) is 0. The number of pyridine rings is 2. The number of piperidine rings is 1. The highest BCUT2D eigenvalue weighted by atomic mass is 16.5. The topological polar surface area (TPSA) is 63.0 Å². The van der Waals surface area contributed by atoms with Gasteiger partial charge in [-0.3, -0.25) is 20.0 Å². The molecule has 6 nitrogen and oxygen atoms in total. The van der Waals surface area contributed by atoms with Crippen LogP contribution in [0.2, 0.25) is 0 Å². The molecule has 1 aliphatic rings. The van der Waals surface area contributed by atoms with Crippen molar-refractivity contribution in [2.45, 2.75) is 18.9 Å². The van der Waals surface area contributed by atoms with Gasteiger partial charge in [-0.05, 0) is 49.9 Å². The van der Waals surface area contributed by atoms with Crippen molar-refractivity contribution in [3.8, 4) is 17.0 Å². The van der Waals surface area contributed by atoms with Crippen LogP contribution in [-0.4, -0.2) is 60.1 Å². The first-order valence-corrected chi connectivity index (χ1v) is 9.22. The molecule has 0 radical (unpaired) electrons. The maximum Gasteiger partial charge on any atom is 0.145 e. The van der Waals surface area contributed by atoms with Crippen LogP contribution in [0, 0.1) is 0 Å². The van der Waals surface area contributed by atoms with Crippen LogP contribution in [0.3, 0.4) is 0 Å². The summed E-state index contributed by atoms with van der Waals surface area (Å²) in [5.74, 6) is 0.842. The number of rotatable bonds is 8. The average Bonchev–Trinajstić information content (AvgIpc) is 2.73. The first-order chi connectivity index (χ1) is 13.4. The fourth-order valence-corrected chi connectivity index (χ4v) is 3.08. The lowest BCUT2D eigenvalue weighted by atomic mass is 10.1. The summed E-state index contributed by atoms with van der Waals surface area (Å²) in [7, 11) is 0. The van der Waals surface area contributed by atoms with Crippen LogP contribution in [0.15, 0.2) is 65.1 Å². The SMILES string of the molecule is C=N/C=C\C=N/CCN1CCC(Oc2cccnc2-c2ccncc2)CC1. The van der Waals surface area contributed by atoms with Gasteiger partial charge >= 0.3 is 0 Å². The molecule has 2 aromatic rings. The van der Waals surface area contributed by atoms with Gasteiger partial charge in [-0.15, -0.1) is 0 Å². The molecular formula is C21H25N5O. The van der Waals surface area contributed by atoms with Gasteiger partial charge < -0.3 is 9.64 Å². The molecule has 6 heteroatoms. The standard InChI is InChI=1S/C21H25N5O/c1-22-9-3-10-23-14-17-26-15-7-19(8-16-26)27-20-4-2-11-25-21(20)18-5-12-24-13-6-18/h2-6,9-13,19H,1,7-8,14-17H2/b9-3-,23-10-. The van der Waals surface area contributed by atoms with E-state index in [0.717, 1.165) is 56.0 Å². The number of nitrogens with zero attached hydrogens (tertiary/aromatic N) is 5. The monoisotopic (exact) mass is 363 g/mol. The van der Waals surface area contributed by atoms with Crippen molar-refractivity contribution in [1.82, 2.24) is 14.9 Å². The quantitative estimate of drug-likeness (QED) is 0.675. The highest BCUT2D eigenvalue weighted by Crippen LogP contribution is 2.29. The summed E-state index contributed by atoms with van der Waals surface area (Å²) >= 11 is 0. The van der Waals surface area contributed by atoms with Crippen LogP contribution in [0.25, 0.3) is 11.3 Å². The van der Waals surface area contributed by atoms with Crippen LogP contribution < -0.4 is 4.74 Å². The first kappa shape index (κ1) is 18.9. The summed E-state index contributed by atoms with van der Waals surface area (Å²) < 4.78 is 6.29. The lowest BCUT2D eigenvalue weighted by Gasteiger charge is -2.32. The predicted octanol–water partition coefficient (Wildman–Crippen LogP) is 3.27. The highest BCUT2D eigenvalue weighted by Gasteiger charge is 2.21. The molecule has 27 heavy (non-hydrogen) atoms. The van der Waals surface area contributed by atoms with Gasteiger partial charge in [0.25, 0.3) is 0 Å². The number of likely N-dealkylation sites (tertiary alicyclic amines) is 1. The Kier molecular flexibility index (Phi) is 7.24. The van der Waals surface area contributed by atoms with E-state index in [1.54, 1.807) is 37.1 Å². The summed E-state index contributed by atoms with van der Waals surface area (Å²) in [6, 6.07) is 7.83. The van der Waals surface area contributed by atoms with E-state index in [-0.39, 0.29) is 6.10 Å². The van der Waals surface area contributed by atoms with Gasteiger partial charge in [0.05, 0.1) is 6.54 Å². The number of aliphatic imine (C=N–C) groups is 2. The third-order valence-corrected chi connectivity index (χ3v) is 4.48. The highest BCUT2D eigenvalue weighted by molar-refractivity contribution is 5.71. The molecule has 1 fully saturated rings. The maximum absolute atomic E-state index is 6.29. The third-order valence-electron chi connectivity index (χ3n) is 4.48. The molecule has 3 rings (SSSR count). The molecule has 0 bridgehead atoms. The van der Waals surface area contributed by atoms with Gasteiger partial charge in [0.2, 0.25) is 0 Å². The van der Waals surface area contributed by atoms with Crippen LogP contribution in [0.5, 0.6) is 5.75 Å². The predicted molar refractivity (Wildman–Crippen MR) is 110 cm³/mol. The molecule has 0 aliphatic carbocycles. The molecule has 0 aromatic carbocycles. The average molecular weight is 363 g/mol. The molecule has 140 valence electrons. The smallest absolute Gasteiger partial charge is 0.145 e. The molecule has 3 heterocycles. The van der Waals surface area contributed by atoms with Crippen LogP contribution in [0.1, 0.15) is 12.8 Å². The van der Waals surface area contributed by atoms with Crippen molar-refractivity contribution in [3.05, 3.63) is 55.1 Å². The minimum atomic E-state index is 0.219. The van der Waals surface area contributed by atoms with Crippen molar-refractivity contribution in [3.63, 3.8) is 0 Å². The van der Waals surface area contributed by atoms with Gasteiger partial charge in [-0.1, -0.05) is 0 Å². The normalized spacial score (nSPS) is 16.1. The fraction of sp³-hybridized carbons (Fsp3) is 0.333. The summed E-state index contributed by atoms with van der Waals surface area (Å²) in [6.45, 7) is 7.19. The van der Waals surface area contributed by atoms with E-state index in [0.29, 0.717) is 0 Å². The molecule has 2 aromatic heterocycles. The van der Waals surface area contributed by atoms with E-state index in [2.05, 4.69) is 31.6 Å². The number of ether oxygens (including phenoxy) is 1. The summed E-state index contributed by atoms with van der Waals surface area (Å²) in [4.78, 5) is 19.0. The Balaban J connectivity index is 1.49. The molecule has 0 unspecified atom stereocenters. The van der Waals surface area contributed by atoms with E-state index in [4.69, 9.17) is 4.74 Å². The van der Waals surface area contributed by atoms with Crippen molar-refractivity contribution in [2.24, 2.45) is 9.98 Å². The second kappa shape index (κ2) is 10.3. The van der Waals surface area contributed by atoms with E-state index in [1.807, 2.05) is 24.3 Å². The molecule has 0 saturated carbocycles. The van der Waals surface area contributed by atoms with Crippen molar-refractivity contribution >= 4 is 12.9 Å². The number of hydrogen-bond donors (Lipinski definition) is 0. The van der Waals surface area contributed by atoms with Crippen LogP contribution in [0.4, 0.5) is 0 Å². The maximum atomic E-state index is 6.29. The number of aromatic nitrogens is 2. The second-order valence-corrected chi connectivity index (χ2v) is 6.32. The van der Waals surface area contributed by atoms with E-state index >= 15 is 0 Å². The lowest BCUT2D eigenvalue weighted by molar-refractivity contribution is 0.103. The van der Waals surface area contributed by atoms with E-state index in [1.165, 1.54) is 0 Å². The zero-order chi connectivity index (χ0) is 18.7. The van der Waals surface area contributed by atoms with Crippen LogP contribution >= 0.6 is 0 Å². The zero-order valence-electron chi connectivity index (χ0n) is 15.4. The minimum absolute atomic E-state index is 0.219. The zero-order valence-corrected chi connectivity index (χ0v) is 15.4. The number of hydrogen-bond acceptors (Lipinski definition) is 6. The lowest BCUT2D eigenvalue weighted by Crippen LogP contribution is -2.39. The van der Waals surface area contributed by atoms with Gasteiger partial charge in [-0.2, -0.15) is 0 Å². The Morgan fingerprint density at radius 1 is 1.19 bits per heavy atom.